The van der Waals surface area contributed by atoms with Gasteiger partial charge < -0.3 is 15.4 Å². The zero-order valence-corrected chi connectivity index (χ0v) is 17.7. The first-order valence-corrected chi connectivity index (χ1v) is 9.53. The Labute approximate surface area is 182 Å². The van der Waals surface area contributed by atoms with Crippen LogP contribution in [0.2, 0.25) is 0 Å². The van der Waals surface area contributed by atoms with Gasteiger partial charge >= 0.3 is 0 Å². The molecular weight excluding hydrogens is 416 g/mol. The zero-order valence-electron chi connectivity index (χ0n) is 16.0. The molecule has 8 heteroatoms. The predicted molar refractivity (Wildman–Crippen MR) is 114 cm³/mol. The Morgan fingerprint density at radius 3 is 2.90 bits per heavy atom. The molecule has 1 aliphatic heterocycles. The van der Waals surface area contributed by atoms with E-state index in [0.29, 0.717) is 24.1 Å². The summed E-state index contributed by atoms with van der Waals surface area (Å²) in [6, 6.07) is 9.53. The highest BCUT2D eigenvalue weighted by molar-refractivity contribution is 5.85. The number of nitrogens with zero attached hydrogens (tertiary/aromatic N) is 1. The smallest absolute Gasteiger partial charge is 0.228 e. The molecule has 2 aliphatic rings. The van der Waals surface area contributed by atoms with Gasteiger partial charge in [0.25, 0.3) is 0 Å². The molecule has 1 saturated carbocycles. The molecule has 0 bridgehead atoms. The van der Waals surface area contributed by atoms with Crippen molar-refractivity contribution in [3.8, 4) is 11.6 Å². The van der Waals surface area contributed by atoms with Crippen LogP contribution in [-0.4, -0.2) is 24.0 Å². The van der Waals surface area contributed by atoms with Gasteiger partial charge in [0, 0.05) is 31.4 Å². The summed E-state index contributed by atoms with van der Waals surface area (Å²) in [5.74, 6) is 1.04. The first kappa shape index (κ1) is 23.4. The van der Waals surface area contributed by atoms with E-state index in [1.807, 2.05) is 6.07 Å². The highest BCUT2D eigenvalue weighted by atomic mass is 35.5. The molecule has 5 nitrogen and oxygen atoms in total. The number of amides is 1. The van der Waals surface area contributed by atoms with Crippen LogP contribution < -0.4 is 15.4 Å². The van der Waals surface area contributed by atoms with Crippen LogP contribution in [0.15, 0.2) is 42.6 Å². The van der Waals surface area contributed by atoms with Crippen LogP contribution in [0.1, 0.15) is 31.2 Å². The first-order valence-electron chi connectivity index (χ1n) is 9.53. The number of carbonyl (C=O) groups is 1. The standard InChI is InChI=1S/C21H24FN3O2.2ClH/c22-17-5-3-6-18(10-17)27-19-8-7-15(11-24-19)12-25-20(26)21-9-2-1-4-16(21)13-23-14-21;;/h3,5-8,10-11,16,23H,1-2,4,9,12-14H2,(H,25,26);2*1H/t16-,21+;;/m0../s1. The van der Waals surface area contributed by atoms with Gasteiger partial charge in [0.2, 0.25) is 11.8 Å². The van der Waals surface area contributed by atoms with Crippen molar-refractivity contribution >= 4 is 30.7 Å². The molecule has 1 amide bonds. The van der Waals surface area contributed by atoms with Gasteiger partial charge in [-0.1, -0.05) is 25.0 Å². The Bertz CT molecular complexity index is 822. The Kier molecular flexibility index (Phi) is 8.25. The van der Waals surface area contributed by atoms with Crippen molar-refractivity contribution < 1.29 is 13.9 Å². The third kappa shape index (κ3) is 5.18. The van der Waals surface area contributed by atoms with Crippen molar-refractivity contribution in [2.24, 2.45) is 11.3 Å². The van der Waals surface area contributed by atoms with E-state index < -0.39 is 0 Å². The van der Waals surface area contributed by atoms with Gasteiger partial charge in [-0.25, -0.2) is 9.37 Å². The van der Waals surface area contributed by atoms with Crippen molar-refractivity contribution in [1.82, 2.24) is 15.6 Å². The van der Waals surface area contributed by atoms with Gasteiger partial charge in [0.1, 0.15) is 11.6 Å². The van der Waals surface area contributed by atoms with E-state index in [1.165, 1.54) is 18.6 Å². The van der Waals surface area contributed by atoms with E-state index in [1.54, 1.807) is 24.4 Å². The van der Waals surface area contributed by atoms with Gasteiger partial charge in [-0.3, -0.25) is 4.79 Å². The van der Waals surface area contributed by atoms with Gasteiger partial charge in [0.05, 0.1) is 5.41 Å². The third-order valence-electron chi connectivity index (χ3n) is 5.76. The van der Waals surface area contributed by atoms with Crippen molar-refractivity contribution in [2.75, 3.05) is 13.1 Å². The number of fused-ring (bicyclic) bond motifs is 1. The zero-order chi connectivity index (χ0) is 18.7. The summed E-state index contributed by atoms with van der Waals surface area (Å²) in [5.41, 5.74) is 0.663. The quantitative estimate of drug-likeness (QED) is 0.727. The SMILES string of the molecule is Cl.Cl.O=C(NCc1ccc(Oc2cccc(F)c2)nc1)[C@@]12CCCC[C@H]1CNC2. The molecule has 4 rings (SSSR count). The van der Waals surface area contributed by atoms with Crippen LogP contribution in [0.5, 0.6) is 11.6 Å². The minimum atomic E-state index is -0.353. The molecule has 0 unspecified atom stereocenters. The number of carbonyl (C=O) groups excluding carboxylic acids is 1. The largest absolute Gasteiger partial charge is 0.439 e. The molecule has 1 saturated heterocycles. The van der Waals surface area contributed by atoms with Crippen LogP contribution in [0.3, 0.4) is 0 Å². The molecule has 1 aromatic carbocycles. The number of pyridine rings is 1. The number of hydrogen-bond donors (Lipinski definition) is 2. The van der Waals surface area contributed by atoms with Crippen LogP contribution in [-0.2, 0) is 11.3 Å². The van der Waals surface area contributed by atoms with Crippen LogP contribution in [0.25, 0.3) is 0 Å². The van der Waals surface area contributed by atoms with E-state index in [-0.39, 0.29) is 42.0 Å². The van der Waals surface area contributed by atoms with Gasteiger partial charge in [-0.05, 0) is 43.0 Å². The summed E-state index contributed by atoms with van der Waals surface area (Å²) < 4.78 is 18.8. The maximum absolute atomic E-state index is 13.2. The molecule has 158 valence electrons. The maximum atomic E-state index is 13.2. The summed E-state index contributed by atoms with van der Waals surface area (Å²) in [4.78, 5) is 17.1. The lowest BCUT2D eigenvalue weighted by molar-refractivity contribution is -0.134. The number of hydrogen-bond acceptors (Lipinski definition) is 4. The maximum Gasteiger partial charge on any atom is 0.228 e. The van der Waals surface area contributed by atoms with Gasteiger partial charge in [-0.2, -0.15) is 0 Å². The van der Waals surface area contributed by atoms with Crippen molar-refractivity contribution in [2.45, 2.75) is 32.2 Å². The molecule has 2 atom stereocenters. The second kappa shape index (κ2) is 10.2. The molecule has 1 aliphatic carbocycles. The Hall–Kier alpha value is -1.89. The monoisotopic (exact) mass is 441 g/mol. The number of nitrogens with one attached hydrogen (secondary N) is 2. The fraction of sp³-hybridized carbons (Fsp3) is 0.429. The van der Waals surface area contributed by atoms with Gasteiger partial charge in [-0.15, -0.1) is 24.8 Å². The van der Waals surface area contributed by atoms with Crippen molar-refractivity contribution in [3.05, 3.63) is 54.0 Å². The molecule has 0 radical (unpaired) electrons. The Morgan fingerprint density at radius 1 is 1.28 bits per heavy atom. The van der Waals surface area contributed by atoms with Crippen molar-refractivity contribution in [3.63, 3.8) is 0 Å². The number of aromatic nitrogens is 1. The average Bonchev–Trinajstić information content (AvgIpc) is 3.12. The van der Waals surface area contributed by atoms with E-state index in [0.717, 1.165) is 37.9 Å². The topological polar surface area (TPSA) is 63.2 Å². The Balaban J connectivity index is 0.00000150. The molecule has 0 spiro atoms. The minimum absolute atomic E-state index is 0. The summed E-state index contributed by atoms with van der Waals surface area (Å²) in [5, 5.41) is 6.50. The molecule has 2 aromatic rings. The van der Waals surface area contributed by atoms with E-state index in [2.05, 4.69) is 15.6 Å². The molecular formula is C21H26Cl2FN3O2. The lowest BCUT2D eigenvalue weighted by Gasteiger charge is -2.37. The minimum Gasteiger partial charge on any atom is -0.439 e. The lowest BCUT2D eigenvalue weighted by Crippen LogP contribution is -2.47. The van der Waals surface area contributed by atoms with E-state index >= 15 is 0 Å². The summed E-state index contributed by atoms with van der Waals surface area (Å²) in [6.45, 7) is 2.17. The van der Waals surface area contributed by atoms with Crippen LogP contribution >= 0.6 is 24.8 Å². The molecule has 2 fully saturated rings. The highest BCUT2D eigenvalue weighted by Crippen LogP contribution is 2.43. The lowest BCUT2D eigenvalue weighted by atomic mass is 9.67. The first-order chi connectivity index (χ1) is 13.2. The average molecular weight is 442 g/mol. The molecule has 2 N–H and O–H groups in total. The van der Waals surface area contributed by atoms with Crippen molar-refractivity contribution in [1.29, 1.82) is 0 Å². The summed E-state index contributed by atoms with van der Waals surface area (Å²) in [7, 11) is 0. The normalized spacial score (nSPS) is 22.6. The van der Waals surface area contributed by atoms with Crippen LogP contribution in [0.4, 0.5) is 4.39 Å². The van der Waals surface area contributed by atoms with Crippen LogP contribution in [0, 0.1) is 17.2 Å². The molecule has 2 heterocycles. The molecule has 29 heavy (non-hydrogen) atoms. The Morgan fingerprint density at radius 2 is 2.14 bits per heavy atom. The predicted octanol–water partition coefficient (Wildman–Crippen LogP) is 4.25. The summed E-state index contributed by atoms with van der Waals surface area (Å²) >= 11 is 0. The number of halogens is 3. The fourth-order valence-electron chi connectivity index (χ4n) is 4.28. The van der Waals surface area contributed by atoms with E-state index in [4.69, 9.17) is 4.74 Å². The second-order valence-corrected chi connectivity index (χ2v) is 7.48. The van der Waals surface area contributed by atoms with E-state index in [9.17, 15) is 9.18 Å². The fourth-order valence-corrected chi connectivity index (χ4v) is 4.28. The highest BCUT2D eigenvalue weighted by Gasteiger charge is 2.49. The van der Waals surface area contributed by atoms with Gasteiger partial charge in [0.15, 0.2) is 0 Å². The molecule has 1 aromatic heterocycles. The summed E-state index contributed by atoms with van der Waals surface area (Å²) in [6.07, 6.45) is 6.12. The third-order valence-corrected chi connectivity index (χ3v) is 5.76. The number of rotatable bonds is 5. The second-order valence-electron chi connectivity index (χ2n) is 7.48. The number of benzene rings is 1. The number of ether oxygens (including phenoxy) is 1.